The van der Waals surface area contributed by atoms with E-state index in [2.05, 4.69) is 15.9 Å². The molecule has 0 aliphatic rings. The van der Waals surface area contributed by atoms with E-state index in [-0.39, 0.29) is 4.90 Å². The molecule has 0 amide bonds. The number of rotatable bonds is 5. The Hall–Kier alpha value is -1.12. The van der Waals surface area contributed by atoms with Crippen LogP contribution in [0.4, 0.5) is 0 Å². The second kappa shape index (κ2) is 5.68. The number of hydrogen-bond acceptors (Lipinski definition) is 4. The van der Waals surface area contributed by atoms with Crippen molar-refractivity contribution in [3.63, 3.8) is 0 Å². The molecule has 8 heteroatoms. The molecule has 1 atom stereocenters. The highest BCUT2D eigenvalue weighted by molar-refractivity contribution is 9.10. The summed E-state index contributed by atoms with van der Waals surface area (Å²) in [6, 6.07) is 2.97. The normalized spacial score (nSPS) is 13.1. The van der Waals surface area contributed by atoms with Gasteiger partial charge in [0.05, 0.1) is 16.5 Å². The van der Waals surface area contributed by atoms with E-state index in [9.17, 15) is 13.2 Å². The Kier molecular flexibility index (Phi) is 4.71. The van der Waals surface area contributed by atoms with Crippen LogP contribution in [0.3, 0.4) is 0 Å². The minimum absolute atomic E-state index is 0.0596. The molecule has 1 aromatic carbocycles. The Labute approximate surface area is 113 Å². The van der Waals surface area contributed by atoms with E-state index in [0.717, 1.165) is 0 Å². The van der Waals surface area contributed by atoms with Crippen LogP contribution in [0.5, 0.6) is 5.75 Å². The molecule has 0 aliphatic heterocycles. The van der Waals surface area contributed by atoms with Crippen molar-refractivity contribution in [2.24, 2.45) is 0 Å². The standard InChI is InChI=1S/C10H12BrNO5S/c1-6(10(13)14)12-18(15,16)7-3-4-8(11)9(5-7)17-2/h3-6,12H,1-2H3,(H,13,14). The molecule has 0 spiro atoms. The van der Waals surface area contributed by atoms with E-state index >= 15 is 0 Å². The first kappa shape index (κ1) is 14.9. The summed E-state index contributed by atoms with van der Waals surface area (Å²) in [5, 5.41) is 8.68. The summed E-state index contributed by atoms with van der Waals surface area (Å²) in [7, 11) is -2.48. The molecule has 2 N–H and O–H groups in total. The number of sulfonamides is 1. The lowest BCUT2D eigenvalue weighted by Gasteiger charge is -2.11. The molecule has 0 saturated carbocycles. The average Bonchev–Trinajstić information content (AvgIpc) is 2.28. The maximum absolute atomic E-state index is 11.9. The van der Waals surface area contributed by atoms with Crippen LogP contribution >= 0.6 is 15.9 Å². The van der Waals surface area contributed by atoms with E-state index in [1.807, 2.05) is 4.72 Å². The number of methoxy groups -OCH3 is 1. The number of benzene rings is 1. The molecule has 0 fully saturated rings. The van der Waals surface area contributed by atoms with E-state index in [1.165, 1.54) is 32.2 Å². The molecule has 0 radical (unpaired) electrons. The highest BCUT2D eigenvalue weighted by atomic mass is 79.9. The maximum atomic E-state index is 11.9. The van der Waals surface area contributed by atoms with Gasteiger partial charge in [-0.05, 0) is 35.0 Å². The molecule has 1 unspecified atom stereocenters. The summed E-state index contributed by atoms with van der Waals surface area (Å²) in [5.74, 6) is -0.900. The van der Waals surface area contributed by atoms with Gasteiger partial charge in [-0.25, -0.2) is 8.42 Å². The van der Waals surface area contributed by atoms with E-state index in [1.54, 1.807) is 0 Å². The lowest BCUT2D eigenvalue weighted by molar-refractivity contribution is -0.138. The number of aliphatic carboxylic acids is 1. The van der Waals surface area contributed by atoms with Gasteiger partial charge in [0, 0.05) is 6.07 Å². The molecule has 100 valence electrons. The molecule has 0 aliphatic carbocycles. The Morgan fingerprint density at radius 3 is 2.61 bits per heavy atom. The molecule has 1 rings (SSSR count). The van der Waals surface area contributed by atoms with Crippen LogP contribution in [0, 0.1) is 0 Å². The number of carboxylic acids is 1. The Bertz CT molecular complexity index is 557. The zero-order valence-corrected chi connectivity index (χ0v) is 12.1. The second-order valence-corrected chi connectivity index (χ2v) is 6.05. The van der Waals surface area contributed by atoms with Crippen molar-refractivity contribution in [3.8, 4) is 5.75 Å². The Morgan fingerprint density at radius 1 is 1.50 bits per heavy atom. The lowest BCUT2D eigenvalue weighted by Crippen LogP contribution is -2.38. The largest absolute Gasteiger partial charge is 0.496 e. The van der Waals surface area contributed by atoms with Crippen molar-refractivity contribution < 1.29 is 23.1 Å². The van der Waals surface area contributed by atoms with Gasteiger partial charge in [-0.3, -0.25) is 4.79 Å². The highest BCUT2D eigenvalue weighted by Gasteiger charge is 2.22. The van der Waals surface area contributed by atoms with Gasteiger partial charge in [0.2, 0.25) is 10.0 Å². The summed E-state index contributed by atoms with van der Waals surface area (Å²) in [6.45, 7) is 1.25. The third-order valence-corrected chi connectivity index (χ3v) is 4.33. The topological polar surface area (TPSA) is 92.7 Å². The van der Waals surface area contributed by atoms with Crippen LogP contribution in [0.1, 0.15) is 6.92 Å². The van der Waals surface area contributed by atoms with Crippen molar-refractivity contribution >= 4 is 31.9 Å². The SMILES string of the molecule is COc1cc(S(=O)(=O)NC(C)C(=O)O)ccc1Br. The fourth-order valence-corrected chi connectivity index (χ4v) is 2.78. The zero-order chi connectivity index (χ0) is 13.9. The van der Waals surface area contributed by atoms with Gasteiger partial charge >= 0.3 is 5.97 Å². The smallest absolute Gasteiger partial charge is 0.321 e. The molecule has 0 bridgehead atoms. The number of nitrogens with one attached hydrogen (secondary N) is 1. The number of halogens is 1. The van der Waals surface area contributed by atoms with Crippen LogP contribution in [0.15, 0.2) is 27.6 Å². The molecular weight excluding hydrogens is 326 g/mol. The maximum Gasteiger partial charge on any atom is 0.321 e. The van der Waals surface area contributed by atoms with Gasteiger partial charge in [0.15, 0.2) is 0 Å². The van der Waals surface area contributed by atoms with Gasteiger partial charge in [-0.1, -0.05) is 0 Å². The van der Waals surface area contributed by atoms with Crippen LogP contribution in [-0.2, 0) is 14.8 Å². The molecular formula is C10H12BrNO5S. The molecule has 18 heavy (non-hydrogen) atoms. The van der Waals surface area contributed by atoms with Gasteiger partial charge in [0.1, 0.15) is 11.8 Å². The summed E-state index contributed by atoms with van der Waals surface area (Å²) < 4.78 is 31.4. The van der Waals surface area contributed by atoms with Gasteiger partial charge in [0.25, 0.3) is 0 Å². The summed E-state index contributed by atoms with van der Waals surface area (Å²) in [6.07, 6.45) is 0. The summed E-state index contributed by atoms with van der Waals surface area (Å²) >= 11 is 3.20. The first-order valence-electron chi connectivity index (χ1n) is 4.86. The molecule has 0 heterocycles. The molecule has 0 saturated heterocycles. The van der Waals surface area contributed by atoms with Crippen molar-refractivity contribution in [3.05, 3.63) is 22.7 Å². The van der Waals surface area contributed by atoms with Crippen molar-refractivity contribution in [1.82, 2.24) is 4.72 Å². The fourth-order valence-electron chi connectivity index (χ4n) is 1.16. The third kappa shape index (κ3) is 3.44. The highest BCUT2D eigenvalue weighted by Crippen LogP contribution is 2.27. The van der Waals surface area contributed by atoms with Gasteiger partial charge < -0.3 is 9.84 Å². The van der Waals surface area contributed by atoms with Crippen molar-refractivity contribution in [2.75, 3.05) is 7.11 Å². The molecule has 0 aromatic heterocycles. The average molecular weight is 338 g/mol. The number of ether oxygens (including phenoxy) is 1. The molecule has 6 nitrogen and oxygen atoms in total. The monoisotopic (exact) mass is 337 g/mol. The number of hydrogen-bond donors (Lipinski definition) is 2. The van der Waals surface area contributed by atoms with Crippen LogP contribution in [0.2, 0.25) is 0 Å². The molecule has 1 aromatic rings. The van der Waals surface area contributed by atoms with E-state index in [0.29, 0.717) is 10.2 Å². The predicted molar refractivity (Wildman–Crippen MR) is 68.1 cm³/mol. The quantitative estimate of drug-likeness (QED) is 0.842. The number of carbonyl (C=O) groups is 1. The van der Waals surface area contributed by atoms with Crippen molar-refractivity contribution in [1.29, 1.82) is 0 Å². The van der Waals surface area contributed by atoms with Gasteiger partial charge in [-0.15, -0.1) is 0 Å². The van der Waals surface area contributed by atoms with Gasteiger partial charge in [-0.2, -0.15) is 4.72 Å². The first-order chi connectivity index (χ1) is 8.27. The number of carboxylic acid groups (broad SMARTS) is 1. The van der Waals surface area contributed by atoms with Crippen molar-refractivity contribution in [2.45, 2.75) is 17.9 Å². The second-order valence-electron chi connectivity index (χ2n) is 3.48. The summed E-state index contributed by atoms with van der Waals surface area (Å²) in [5.41, 5.74) is 0. The Morgan fingerprint density at radius 2 is 2.11 bits per heavy atom. The van der Waals surface area contributed by atoms with Crippen LogP contribution in [0.25, 0.3) is 0 Å². The minimum atomic E-state index is -3.89. The minimum Gasteiger partial charge on any atom is -0.496 e. The lowest BCUT2D eigenvalue weighted by atomic mass is 10.3. The Balaban J connectivity index is 3.09. The van der Waals surface area contributed by atoms with E-state index in [4.69, 9.17) is 9.84 Å². The predicted octanol–water partition coefficient (Wildman–Crippen LogP) is 1.21. The zero-order valence-electron chi connectivity index (χ0n) is 9.68. The van der Waals surface area contributed by atoms with Crippen LogP contribution in [-0.4, -0.2) is 32.6 Å². The first-order valence-corrected chi connectivity index (χ1v) is 7.14. The fraction of sp³-hybridized carbons (Fsp3) is 0.300. The van der Waals surface area contributed by atoms with Crippen LogP contribution < -0.4 is 9.46 Å². The summed E-state index contributed by atoms with van der Waals surface area (Å²) in [4.78, 5) is 10.6. The third-order valence-electron chi connectivity index (χ3n) is 2.14. The van der Waals surface area contributed by atoms with E-state index < -0.39 is 22.0 Å².